The Bertz CT molecular complexity index is 1050. The van der Waals surface area contributed by atoms with Crippen LogP contribution in [0.4, 0.5) is 17.6 Å². The van der Waals surface area contributed by atoms with Crippen molar-refractivity contribution in [2.45, 2.75) is 13.8 Å². The average molecular weight is 603 g/mol. The van der Waals surface area contributed by atoms with Gasteiger partial charge in [-0.05, 0) is 61.4 Å². The van der Waals surface area contributed by atoms with Crippen molar-refractivity contribution in [3.8, 4) is 22.5 Å². The van der Waals surface area contributed by atoms with Gasteiger partial charge in [-0.25, -0.2) is 17.6 Å². The molecule has 0 saturated heterocycles. The maximum absolute atomic E-state index is 13.4. The number of aromatic nitrogens is 2. The molecule has 0 amide bonds. The number of hydrogen-bond donors (Lipinski definition) is 0. The summed E-state index contributed by atoms with van der Waals surface area (Å²) in [4.78, 5) is 8.15. The first-order chi connectivity index (χ1) is 14.3. The van der Waals surface area contributed by atoms with Gasteiger partial charge in [-0.15, -0.1) is 0 Å². The average Bonchev–Trinajstić information content (AvgIpc) is 2.70. The van der Waals surface area contributed by atoms with Crippen molar-refractivity contribution in [1.82, 2.24) is 9.97 Å². The molecular formula is C24H18F4IrN2+2. The van der Waals surface area contributed by atoms with Crippen molar-refractivity contribution >= 4 is 0 Å². The van der Waals surface area contributed by atoms with Gasteiger partial charge in [-0.3, -0.25) is 9.97 Å². The molecule has 0 aliphatic heterocycles. The van der Waals surface area contributed by atoms with Gasteiger partial charge in [0.05, 0.1) is 11.4 Å². The van der Waals surface area contributed by atoms with Crippen LogP contribution in [0.25, 0.3) is 22.5 Å². The van der Waals surface area contributed by atoms with Gasteiger partial charge in [-0.1, -0.05) is 12.1 Å². The molecule has 0 N–H and O–H groups in total. The van der Waals surface area contributed by atoms with E-state index >= 15 is 0 Å². The smallest absolute Gasteiger partial charge is 0.256 e. The van der Waals surface area contributed by atoms with E-state index in [2.05, 4.69) is 9.97 Å². The number of nitrogens with zero attached hydrogens (tertiary/aromatic N) is 2. The van der Waals surface area contributed by atoms with Gasteiger partial charge in [0.25, 0.3) is 0 Å². The van der Waals surface area contributed by atoms with Gasteiger partial charge in [0, 0.05) is 35.7 Å². The van der Waals surface area contributed by atoms with Crippen molar-refractivity contribution in [2.24, 2.45) is 0 Å². The second-order valence-corrected chi connectivity index (χ2v) is 6.69. The molecule has 0 unspecified atom stereocenters. The quantitative estimate of drug-likeness (QED) is 0.240. The van der Waals surface area contributed by atoms with Crippen LogP contribution in [0.2, 0.25) is 0 Å². The second-order valence-electron chi connectivity index (χ2n) is 6.69. The number of hydrogen-bond acceptors (Lipinski definition) is 2. The maximum Gasteiger partial charge on any atom is 2.00 e. The third kappa shape index (κ3) is 6.54. The summed E-state index contributed by atoms with van der Waals surface area (Å²) in [5.41, 5.74) is 3.66. The summed E-state index contributed by atoms with van der Waals surface area (Å²) in [5.74, 6) is -2.34. The fourth-order valence-corrected chi connectivity index (χ4v) is 2.65. The summed E-state index contributed by atoms with van der Waals surface area (Å²) < 4.78 is 52.0. The summed E-state index contributed by atoms with van der Waals surface area (Å²) >= 11 is 0. The number of benzene rings is 2. The Kier molecular flexibility index (Phi) is 8.60. The van der Waals surface area contributed by atoms with E-state index in [1.807, 2.05) is 26.0 Å². The summed E-state index contributed by atoms with van der Waals surface area (Å²) in [6.45, 7) is 3.80. The Morgan fingerprint density at radius 1 is 0.548 bits per heavy atom. The molecule has 1 radical (unpaired) electrons. The molecule has 4 rings (SSSR count). The first kappa shape index (κ1) is 24.4. The molecule has 0 aliphatic rings. The van der Waals surface area contributed by atoms with Crippen LogP contribution in [0.5, 0.6) is 0 Å². The molecule has 2 aromatic heterocycles. The molecule has 31 heavy (non-hydrogen) atoms. The summed E-state index contributed by atoms with van der Waals surface area (Å²) in [6.07, 6.45) is 3.30. The Hall–Kier alpha value is -2.89. The van der Waals surface area contributed by atoms with Crippen LogP contribution in [0.1, 0.15) is 11.1 Å². The van der Waals surface area contributed by atoms with Crippen LogP contribution < -0.4 is 0 Å². The molecule has 2 aromatic carbocycles. The zero-order chi connectivity index (χ0) is 21.7. The van der Waals surface area contributed by atoms with Crippen molar-refractivity contribution in [3.63, 3.8) is 0 Å². The van der Waals surface area contributed by atoms with E-state index in [0.29, 0.717) is 22.5 Å². The molecule has 2 heterocycles. The van der Waals surface area contributed by atoms with E-state index in [-0.39, 0.29) is 20.1 Å². The molecule has 0 bridgehead atoms. The van der Waals surface area contributed by atoms with Gasteiger partial charge in [0.15, 0.2) is 0 Å². The predicted molar refractivity (Wildman–Crippen MR) is 109 cm³/mol. The van der Waals surface area contributed by atoms with E-state index < -0.39 is 23.3 Å². The van der Waals surface area contributed by atoms with E-state index in [1.54, 1.807) is 24.5 Å². The number of aryl methyl sites for hydroxylation is 2. The minimum atomic E-state index is -0.591. The van der Waals surface area contributed by atoms with Crippen LogP contribution >= 0.6 is 0 Å². The van der Waals surface area contributed by atoms with Crippen LogP contribution in [0, 0.1) is 37.1 Å². The Balaban J connectivity index is 0.000000213. The summed E-state index contributed by atoms with van der Waals surface area (Å²) in [5, 5.41) is 0. The SMILES string of the molecule is Cc1ccc(-c2ccc(F)cc2F)nc1.Cc1ccc(-c2ccc(F)cc2F)nc1.[Ir+2]. The molecule has 2 nitrogen and oxygen atoms in total. The molecule has 159 valence electrons. The van der Waals surface area contributed by atoms with E-state index in [4.69, 9.17) is 0 Å². The largest absolute Gasteiger partial charge is 2.00 e. The molecule has 0 fully saturated rings. The first-order valence-electron chi connectivity index (χ1n) is 9.09. The molecule has 0 aliphatic carbocycles. The monoisotopic (exact) mass is 603 g/mol. The number of pyridine rings is 2. The predicted octanol–water partition coefficient (Wildman–Crippen LogP) is 6.67. The molecule has 0 saturated carbocycles. The van der Waals surface area contributed by atoms with E-state index in [1.165, 1.54) is 24.3 Å². The van der Waals surface area contributed by atoms with Gasteiger partial charge >= 0.3 is 20.1 Å². The third-order valence-electron chi connectivity index (χ3n) is 4.24. The maximum atomic E-state index is 13.4. The normalized spacial score (nSPS) is 10.0. The van der Waals surface area contributed by atoms with E-state index in [9.17, 15) is 17.6 Å². The Morgan fingerprint density at radius 3 is 1.23 bits per heavy atom. The molecular weight excluding hydrogens is 584 g/mol. The van der Waals surface area contributed by atoms with Crippen LogP contribution in [-0.4, -0.2) is 9.97 Å². The van der Waals surface area contributed by atoms with Crippen LogP contribution in [0.15, 0.2) is 73.1 Å². The van der Waals surface area contributed by atoms with Gasteiger partial charge in [0.1, 0.15) is 23.3 Å². The van der Waals surface area contributed by atoms with Crippen molar-refractivity contribution in [2.75, 3.05) is 0 Å². The van der Waals surface area contributed by atoms with Crippen LogP contribution in [0.3, 0.4) is 0 Å². The summed E-state index contributed by atoms with van der Waals surface area (Å²) in [7, 11) is 0. The number of halogens is 4. The minimum Gasteiger partial charge on any atom is -0.256 e. The zero-order valence-corrected chi connectivity index (χ0v) is 19.1. The van der Waals surface area contributed by atoms with Crippen molar-refractivity contribution in [3.05, 3.63) is 107 Å². The van der Waals surface area contributed by atoms with Crippen molar-refractivity contribution < 1.29 is 37.7 Å². The Labute approximate surface area is 191 Å². The van der Waals surface area contributed by atoms with E-state index in [0.717, 1.165) is 23.3 Å². The molecule has 7 heteroatoms. The minimum absolute atomic E-state index is 0. The fraction of sp³-hybridized carbons (Fsp3) is 0.0833. The van der Waals surface area contributed by atoms with Gasteiger partial charge in [-0.2, -0.15) is 0 Å². The third-order valence-corrected chi connectivity index (χ3v) is 4.24. The standard InChI is InChI=1S/2C12H9F2N.Ir/c2*1-8-2-5-12(15-7-8)10-4-3-9(13)6-11(10)14;/h2*2-7H,1H3;/q;;+2. The fourth-order valence-electron chi connectivity index (χ4n) is 2.65. The summed E-state index contributed by atoms with van der Waals surface area (Å²) in [6, 6.07) is 14.0. The van der Waals surface area contributed by atoms with Crippen molar-refractivity contribution in [1.29, 1.82) is 0 Å². The van der Waals surface area contributed by atoms with Gasteiger partial charge in [0.2, 0.25) is 0 Å². The molecule has 4 aromatic rings. The van der Waals surface area contributed by atoms with Gasteiger partial charge < -0.3 is 0 Å². The molecule has 0 spiro atoms. The topological polar surface area (TPSA) is 25.8 Å². The number of rotatable bonds is 2. The second kappa shape index (κ2) is 10.9. The zero-order valence-electron chi connectivity index (χ0n) is 16.7. The Morgan fingerprint density at radius 2 is 0.935 bits per heavy atom. The van der Waals surface area contributed by atoms with Crippen LogP contribution in [-0.2, 0) is 20.1 Å². The molecule has 0 atom stereocenters. The first-order valence-corrected chi connectivity index (χ1v) is 9.09.